The van der Waals surface area contributed by atoms with Crippen LogP contribution in [0.5, 0.6) is 0 Å². The Kier molecular flexibility index (Phi) is 5.01. The molecule has 3 heterocycles. The number of amides is 1. The maximum Gasteiger partial charge on any atom is 0.258 e. The molecule has 27 heavy (non-hydrogen) atoms. The number of anilines is 1. The highest BCUT2D eigenvalue weighted by atomic mass is 35.5. The highest BCUT2D eigenvalue weighted by Gasteiger charge is 2.17. The summed E-state index contributed by atoms with van der Waals surface area (Å²) in [7, 11) is 0. The number of hydrogen-bond donors (Lipinski definition) is 1. The zero-order valence-corrected chi connectivity index (χ0v) is 17.1. The molecule has 0 atom stereocenters. The summed E-state index contributed by atoms with van der Waals surface area (Å²) < 4.78 is 1.62. The topological polar surface area (TPSA) is 59.8 Å². The fraction of sp³-hybridized carbons (Fsp3) is 0.0556. The number of halogens is 2. The number of carbonyl (C=O) groups is 1. The number of nitrogens with one attached hydrogen (secondary N) is 1. The lowest BCUT2D eigenvalue weighted by molar-refractivity contribution is 0.102. The van der Waals surface area contributed by atoms with Gasteiger partial charge in [0.05, 0.1) is 26.9 Å². The fourth-order valence-corrected chi connectivity index (χ4v) is 4.41. The van der Waals surface area contributed by atoms with Gasteiger partial charge in [-0.3, -0.25) is 4.79 Å². The van der Waals surface area contributed by atoms with Crippen molar-refractivity contribution in [1.29, 1.82) is 0 Å². The summed E-state index contributed by atoms with van der Waals surface area (Å²) in [6, 6.07) is 10.5. The zero-order valence-electron chi connectivity index (χ0n) is 13.9. The van der Waals surface area contributed by atoms with Gasteiger partial charge in [-0.05, 0) is 36.6 Å². The van der Waals surface area contributed by atoms with E-state index >= 15 is 0 Å². The second-order valence-corrected chi connectivity index (χ2v) is 8.28. The Hall–Kier alpha value is -2.19. The van der Waals surface area contributed by atoms with Gasteiger partial charge in [0.2, 0.25) is 5.13 Å². The molecule has 1 amide bonds. The molecule has 0 spiro atoms. The Balaban J connectivity index is 1.66. The first-order chi connectivity index (χ1) is 13.0. The number of aryl methyl sites for hydroxylation is 1. The second kappa shape index (κ2) is 7.44. The van der Waals surface area contributed by atoms with Crippen LogP contribution in [0.25, 0.3) is 15.7 Å². The Morgan fingerprint density at radius 2 is 2.04 bits per heavy atom. The molecule has 0 saturated carbocycles. The van der Waals surface area contributed by atoms with E-state index in [1.807, 2.05) is 29.8 Å². The maximum atomic E-state index is 12.7. The molecule has 0 bridgehead atoms. The number of carbonyl (C=O) groups excluding carboxylic acids is 1. The van der Waals surface area contributed by atoms with Crippen LogP contribution in [0, 0.1) is 6.92 Å². The van der Waals surface area contributed by atoms with Crippen LogP contribution in [0.2, 0.25) is 10.0 Å². The van der Waals surface area contributed by atoms with E-state index < -0.39 is 0 Å². The minimum absolute atomic E-state index is 0.299. The van der Waals surface area contributed by atoms with Crippen molar-refractivity contribution < 1.29 is 4.79 Å². The fourth-order valence-electron chi connectivity index (χ4n) is 2.49. The first-order valence-electron chi connectivity index (χ1n) is 7.84. The summed E-state index contributed by atoms with van der Waals surface area (Å²) >= 11 is 15.2. The third kappa shape index (κ3) is 3.77. The van der Waals surface area contributed by atoms with E-state index in [1.54, 1.807) is 34.2 Å². The molecule has 0 unspecified atom stereocenters. The number of rotatable bonds is 4. The van der Waals surface area contributed by atoms with Crippen LogP contribution in [0.1, 0.15) is 16.1 Å². The van der Waals surface area contributed by atoms with Gasteiger partial charge in [-0.25, -0.2) is 4.98 Å². The van der Waals surface area contributed by atoms with Crippen molar-refractivity contribution in [2.75, 3.05) is 5.32 Å². The highest BCUT2D eigenvalue weighted by molar-refractivity contribution is 7.15. The van der Waals surface area contributed by atoms with Gasteiger partial charge in [0, 0.05) is 16.5 Å². The van der Waals surface area contributed by atoms with Gasteiger partial charge in [0.15, 0.2) is 0 Å². The molecule has 9 heteroatoms. The molecule has 0 saturated heterocycles. The second-order valence-electron chi connectivity index (χ2n) is 5.65. The molecule has 0 fully saturated rings. The number of thiophene rings is 1. The zero-order chi connectivity index (χ0) is 19.0. The molecular formula is C18H12Cl2N4OS2. The molecule has 1 aromatic carbocycles. The normalized spacial score (nSPS) is 10.9. The van der Waals surface area contributed by atoms with Crippen LogP contribution in [0.4, 0.5) is 5.82 Å². The van der Waals surface area contributed by atoms with E-state index in [1.165, 1.54) is 17.4 Å². The van der Waals surface area contributed by atoms with Crippen LogP contribution in [0.15, 0.2) is 47.2 Å². The summed E-state index contributed by atoms with van der Waals surface area (Å²) in [5.74, 6) is 0.152. The van der Waals surface area contributed by atoms with Gasteiger partial charge in [-0.15, -0.1) is 22.7 Å². The number of nitrogens with zero attached hydrogens (tertiary/aromatic N) is 3. The van der Waals surface area contributed by atoms with Crippen LogP contribution < -0.4 is 5.32 Å². The first-order valence-corrected chi connectivity index (χ1v) is 10.4. The smallest absolute Gasteiger partial charge is 0.258 e. The molecule has 5 nitrogen and oxygen atoms in total. The monoisotopic (exact) mass is 434 g/mol. The third-order valence-corrected chi connectivity index (χ3v) is 5.97. The Morgan fingerprint density at radius 3 is 2.81 bits per heavy atom. The van der Waals surface area contributed by atoms with Crippen molar-refractivity contribution in [1.82, 2.24) is 14.8 Å². The predicted molar refractivity (Wildman–Crippen MR) is 112 cm³/mol. The van der Waals surface area contributed by atoms with Crippen LogP contribution in [-0.2, 0) is 0 Å². The van der Waals surface area contributed by atoms with E-state index in [4.69, 9.17) is 23.2 Å². The molecule has 0 aliphatic rings. The van der Waals surface area contributed by atoms with Crippen LogP contribution in [-0.4, -0.2) is 20.7 Å². The van der Waals surface area contributed by atoms with Crippen molar-refractivity contribution in [2.24, 2.45) is 0 Å². The first kappa shape index (κ1) is 18.2. The number of benzene rings is 1. The van der Waals surface area contributed by atoms with Crippen molar-refractivity contribution in [3.8, 4) is 15.7 Å². The summed E-state index contributed by atoms with van der Waals surface area (Å²) in [4.78, 5) is 18.4. The van der Waals surface area contributed by atoms with Crippen molar-refractivity contribution in [3.05, 3.63) is 68.5 Å². The van der Waals surface area contributed by atoms with Crippen molar-refractivity contribution >= 4 is 57.6 Å². The van der Waals surface area contributed by atoms with E-state index in [9.17, 15) is 4.79 Å². The quantitative estimate of drug-likeness (QED) is 0.433. The summed E-state index contributed by atoms with van der Waals surface area (Å²) in [5.41, 5.74) is 1.94. The van der Waals surface area contributed by atoms with Gasteiger partial charge >= 0.3 is 0 Å². The number of aromatic nitrogens is 3. The van der Waals surface area contributed by atoms with Crippen LogP contribution >= 0.6 is 45.9 Å². The van der Waals surface area contributed by atoms with Crippen molar-refractivity contribution in [2.45, 2.75) is 6.92 Å². The number of hydrogen-bond acceptors (Lipinski definition) is 5. The Bertz CT molecular complexity index is 1120. The van der Waals surface area contributed by atoms with E-state index in [0.717, 1.165) is 16.3 Å². The molecule has 4 rings (SSSR count). The standard InChI is InChI=1S/C18H12Cl2N4OS2/c1-10-7-16(22-17(25)12-8-11(19)4-5-13(12)20)24(23-10)18-21-14(9-27-18)15-3-2-6-26-15/h2-9H,1H3,(H,22,25). The van der Waals surface area contributed by atoms with Crippen LogP contribution in [0.3, 0.4) is 0 Å². The van der Waals surface area contributed by atoms with E-state index in [0.29, 0.717) is 26.6 Å². The molecule has 0 aliphatic carbocycles. The minimum Gasteiger partial charge on any atom is -0.306 e. The lowest BCUT2D eigenvalue weighted by Crippen LogP contribution is -2.15. The van der Waals surface area contributed by atoms with E-state index in [2.05, 4.69) is 15.4 Å². The molecule has 0 radical (unpaired) electrons. The SMILES string of the molecule is Cc1cc(NC(=O)c2cc(Cl)ccc2Cl)n(-c2nc(-c3cccs3)cs2)n1. The number of thiazole rings is 1. The van der Waals surface area contributed by atoms with E-state index in [-0.39, 0.29) is 5.91 Å². The van der Waals surface area contributed by atoms with Gasteiger partial charge in [-0.2, -0.15) is 9.78 Å². The molecule has 1 N–H and O–H groups in total. The van der Waals surface area contributed by atoms with Crippen molar-refractivity contribution in [3.63, 3.8) is 0 Å². The predicted octanol–water partition coefficient (Wildman–Crippen LogP) is 5.92. The molecule has 0 aliphatic heterocycles. The van der Waals surface area contributed by atoms with Gasteiger partial charge in [-0.1, -0.05) is 29.3 Å². The third-order valence-electron chi connectivity index (χ3n) is 3.69. The molecule has 136 valence electrons. The lowest BCUT2D eigenvalue weighted by atomic mass is 10.2. The largest absolute Gasteiger partial charge is 0.306 e. The maximum absolute atomic E-state index is 12.7. The molecule has 3 aromatic heterocycles. The van der Waals surface area contributed by atoms with Gasteiger partial charge in [0.1, 0.15) is 5.82 Å². The molecule has 4 aromatic rings. The average Bonchev–Trinajstić information content (AvgIpc) is 3.37. The minimum atomic E-state index is -0.362. The average molecular weight is 435 g/mol. The highest BCUT2D eigenvalue weighted by Crippen LogP contribution is 2.29. The Labute approximate surface area is 173 Å². The Morgan fingerprint density at radius 1 is 1.19 bits per heavy atom. The lowest BCUT2D eigenvalue weighted by Gasteiger charge is -2.08. The summed E-state index contributed by atoms with van der Waals surface area (Å²) in [6.07, 6.45) is 0. The summed E-state index contributed by atoms with van der Waals surface area (Å²) in [5, 5.41) is 12.7. The van der Waals surface area contributed by atoms with Gasteiger partial charge in [0.25, 0.3) is 5.91 Å². The molecular weight excluding hydrogens is 423 g/mol. The summed E-state index contributed by atoms with van der Waals surface area (Å²) in [6.45, 7) is 1.85. The van der Waals surface area contributed by atoms with Gasteiger partial charge < -0.3 is 5.32 Å².